The van der Waals surface area contributed by atoms with Gasteiger partial charge >= 0.3 is 0 Å². The third kappa shape index (κ3) is 3.79. The largest absolute Gasteiger partial charge is 0.380 e. The van der Waals surface area contributed by atoms with E-state index in [0.29, 0.717) is 18.6 Å². The Morgan fingerprint density at radius 1 is 1.29 bits per heavy atom. The molecule has 0 radical (unpaired) electrons. The lowest BCUT2D eigenvalue weighted by molar-refractivity contribution is -0.117. The van der Waals surface area contributed by atoms with Gasteiger partial charge in [0.1, 0.15) is 5.78 Å². The molecule has 1 unspecified atom stereocenters. The van der Waals surface area contributed by atoms with Crippen LogP contribution in [-0.4, -0.2) is 18.7 Å². The number of hydrogen-bond acceptors (Lipinski definition) is 3. The normalized spacial score (nSPS) is 12.2. The smallest absolute Gasteiger partial charge is 0.166 e. The molecule has 0 heterocycles. The van der Waals surface area contributed by atoms with Crippen molar-refractivity contribution >= 4 is 11.6 Å². The monoisotopic (exact) mass is 234 g/mol. The second-order valence-electron chi connectivity index (χ2n) is 4.26. The van der Waals surface area contributed by atoms with Crippen LogP contribution in [0.3, 0.4) is 0 Å². The SMILES string of the molecule is COCc1ccccc1C(=O)C(C)CC(C)=O. The Balaban J connectivity index is 2.91. The molecule has 1 aromatic rings. The molecule has 3 heteroatoms. The summed E-state index contributed by atoms with van der Waals surface area (Å²) in [4.78, 5) is 23.2. The van der Waals surface area contributed by atoms with Gasteiger partial charge in [-0.15, -0.1) is 0 Å². The van der Waals surface area contributed by atoms with Gasteiger partial charge in [0, 0.05) is 25.0 Å². The Morgan fingerprint density at radius 3 is 2.53 bits per heavy atom. The topological polar surface area (TPSA) is 43.4 Å². The van der Waals surface area contributed by atoms with Crippen molar-refractivity contribution in [2.75, 3.05) is 7.11 Å². The fourth-order valence-electron chi connectivity index (χ4n) is 1.83. The van der Waals surface area contributed by atoms with E-state index >= 15 is 0 Å². The van der Waals surface area contributed by atoms with Crippen LogP contribution in [-0.2, 0) is 16.1 Å². The van der Waals surface area contributed by atoms with Crippen LogP contribution < -0.4 is 0 Å². The van der Waals surface area contributed by atoms with E-state index in [1.165, 1.54) is 6.92 Å². The lowest BCUT2D eigenvalue weighted by Crippen LogP contribution is -2.16. The average Bonchev–Trinajstić information content (AvgIpc) is 2.28. The van der Waals surface area contributed by atoms with Crippen LogP contribution in [0.4, 0.5) is 0 Å². The van der Waals surface area contributed by atoms with Crippen LogP contribution in [0, 0.1) is 5.92 Å². The van der Waals surface area contributed by atoms with Crippen molar-refractivity contribution in [1.82, 2.24) is 0 Å². The number of ether oxygens (including phenoxy) is 1. The summed E-state index contributed by atoms with van der Waals surface area (Å²) in [5, 5.41) is 0. The number of benzene rings is 1. The minimum Gasteiger partial charge on any atom is -0.380 e. The van der Waals surface area contributed by atoms with Crippen molar-refractivity contribution in [1.29, 1.82) is 0 Å². The van der Waals surface area contributed by atoms with Gasteiger partial charge in [0.25, 0.3) is 0 Å². The molecular formula is C14H18O3. The maximum Gasteiger partial charge on any atom is 0.166 e. The Bertz CT molecular complexity index is 410. The number of carbonyl (C=O) groups is 2. The van der Waals surface area contributed by atoms with Crippen molar-refractivity contribution in [3.8, 4) is 0 Å². The predicted octanol–water partition coefficient (Wildman–Crippen LogP) is 2.63. The van der Waals surface area contributed by atoms with E-state index in [4.69, 9.17) is 4.74 Å². The number of Topliss-reactive ketones (excluding diaryl/α,β-unsaturated/α-hetero) is 2. The molecule has 3 nitrogen and oxygen atoms in total. The molecule has 0 saturated heterocycles. The van der Waals surface area contributed by atoms with E-state index < -0.39 is 0 Å². The standard InChI is InChI=1S/C14H18O3/c1-10(8-11(2)15)14(16)13-7-5-4-6-12(13)9-17-3/h4-7,10H,8-9H2,1-3H3. The van der Waals surface area contributed by atoms with E-state index in [0.717, 1.165) is 5.56 Å². The van der Waals surface area contributed by atoms with Crippen molar-refractivity contribution in [3.63, 3.8) is 0 Å². The van der Waals surface area contributed by atoms with Crippen LogP contribution in [0.5, 0.6) is 0 Å². The van der Waals surface area contributed by atoms with Gasteiger partial charge in [-0.2, -0.15) is 0 Å². The summed E-state index contributed by atoms with van der Waals surface area (Å²) in [6, 6.07) is 7.36. The van der Waals surface area contributed by atoms with Crippen molar-refractivity contribution < 1.29 is 14.3 Å². The molecule has 0 aromatic heterocycles. The van der Waals surface area contributed by atoms with Gasteiger partial charge < -0.3 is 9.53 Å². The summed E-state index contributed by atoms with van der Waals surface area (Å²) in [6.45, 7) is 3.70. The molecule has 17 heavy (non-hydrogen) atoms. The Labute approximate surface area is 102 Å². The van der Waals surface area contributed by atoms with Crippen molar-refractivity contribution in [3.05, 3.63) is 35.4 Å². The minimum absolute atomic E-state index is 0.00727. The fourth-order valence-corrected chi connectivity index (χ4v) is 1.83. The van der Waals surface area contributed by atoms with Crippen LogP contribution in [0.25, 0.3) is 0 Å². The Kier molecular flexibility index (Phi) is 5.04. The van der Waals surface area contributed by atoms with E-state index in [9.17, 15) is 9.59 Å². The number of methoxy groups -OCH3 is 1. The zero-order valence-electron chi connectivity index (χ0n) is 10.5. The van der Waals surface area contributed by atoms with Gasteiger partial charge in [-0.3, -0.25) is 4.79 Å². The molecular weight excluding hydrogens is 216 g/mol. The highest BCUT2D eigenvalue weighted by Gasteiger charge is 2.19. The summed E-state index contributed by atoms with van der Waals surface area (Å²) < 4.78 is 5.06. The molecule has 1 aromatic carbocycles. The summed E-state index contributed by atoms with van der Waals surface area (Å²) in [5.41, 5.74) is 1.53. The van der Waals surface area contributed by atoms with Crippen LogP contribution in [0.1, 0.15) is 36.2 Å². The predicted molar refractivity (Wildman–Crippen MR) is 65.9 cm³/mol. The Morgan fingerprint density at radius 2 is 1.94 bits per heavy atom. The van der Waals surface area contributed by atoms with Crippen LogP contribution in [0.15, 0.2) is 24.3 Å². The van der Waals surface area contributed by atoms with Gasteiger partial charge in [-0.25, -0.2) is 0 Å². The quantitative estimate of drug-likeness (QED) is 0.711. The maximum atomic E-state index is 12.2. The molecule has 1 atom stereocenters. The third-order valence-corrected chi connectivity index (χ3v) is 2.62. The van der Waals surface area contributed by atoms with E-state index in [1.807, 2.05) is 18.2 Å². The first-order valence-corrected chi connectivity index (χ1v) is 5.66. The van der Waals surface area contributed by atoms with E-state index in [2.05, 4.69) is 0 Å². The zero-order valence-corrected chi connectivity index (χ0v) is 10.5. The molecule has 0 N–H and O–H groups in total. The molecule has 0 bridgehead atoms. The lowest BCUT2D eigenvalue weighted by atomic mass is 9.92. The first-order valence-electron chi connectivity index (χ1n) is 5.66. The zero-order chi connectivity index (χ0) is 12.8. The number of ketones is 2. The molecule has 0 aliphatic heterocycles. The van der Waals surface area contributed by atoms with Gasteiger partial charge in [0.15, 0.2) is 5.78 Å². The highest BCUT2D eigenvalue weighted by Crippen LogP contribution is 2.17. The second-order valence-corrected chi connectivity index (χ2v) is 4.26. The first kappa shape index (κ1) is 13.6. The first-order chi connectivity index (χ1) is 8.06. The number of hydrogen-bond donors (Lipinski definition) is 0. The molecule has 0 aliphatic rings. The fraction of sp³-hybridized carbons (Fsp3) is 0.429. The number of carbonyl (C=O) groups excluding carboxylic acids is 2. The second kappa shape index (κ2) is 6.30. The molecule has 0 aliphatic carbocycles. The van der Waals surface area contributed by atoms with Gasteiger partial charge in [0.05, 0.1) is 6.61 Å². The molecule has 0 fully saturated rings. The lowest BCUT2D eigenvalue weighted by Gasteiger charge is -2.12. The molecule has 0 saturated carbocycles. The van der Waals surface area contributed by atoms with Gasteiger partial charge in [-0.05, 0) is 12.5 Å². The van der Waals surface area contributed by atoms with E-state index in [-0.39, 0.29) is 17.5 Å². The molecule has 1 rings (SSSR count). The summed E-state index contributed by atoms with van der Waals surface area (Å²) in [6.07, 6.45) is 0.292. The highest BCUT2D eigenvalue weighted by molar-refractivity contribution is 6.00. The third-order valence-electron chi connectivity index (χ3n) is 2.62. The van der Waals surface area contributed by atoms with Gasteiger partial charge in [-0.1, -0.05) is 31.2 Å². The summed E-state index contributed by atoms with van der Waals surface area (Å²) in [7, 11) is 1.60. The highest BCUT2D eigenvalue weighted by atomic mass is 16.5. The minimum atomic E-state index is -0.273. The van der Waals surface area contributed by atoms with Gasteiger partial charge in [0.2, 0.25) is 0 Å². The maximum absolute atomic E-state index is 12.2. The van der Waals surface area contributed by atoms with Crippen LogP contribution >= 0.6 is 0 Å². The van der Waals surface area contributed by atoms with E-state index in [1.54, 1.807) is 20.1 Å². The number of rotatable bonds is 6. The average molecular weight is 234 g/mol. The van der Waals surface area contributed by atoms with Crippen molar-refractivity contribution in [2.24, 2.45) is 5.92 Å². The summed E-state index contributed by atoms with van der Waals surface area (Å²) in [5.74, 6) is -0.228. The molecule has 0 amide bonds. The molecule has 0 spiro atoms. The molecule has 92 valence electrons. The van der Waals surface area contributed by atoms with Crippen LogP contribution in [0.2, 0.25) is 0 Å². The summed E-state index contributed by atoms with van der Waals surface area (Å²) >= 11 is 0. The van der Waals surface area contributed by atoms with Crippen molar-refractivity contribution in [2.45, 2.75) is 26.9 Å². The Hall–Kier alpha value is -1.48.